The van der Waals surface area contributed by atoms with E-state index in [1.54, 1.807) is 0 Å². The molecule has 0 spiro atoms. The van der Waals surface area contributed by atoms with Gasteiger partial charge >= 0.3 is 0 Å². The van der Waals surface area contributed by atoms with Gasteiger partial charge in [0.15, 0.2) is 0 Å². The zero-order chi connectivity index (χ0) is 28.0. The lowest BCUT2D eigenvalue weighted by Crippen LogP contribution is -2.27. The number of rotatable bonds is 16. The van der Waals surface area contributed by atoms with Gasteiger partial charge in [0.25, 0.3) is 0 Å². The van der Waals surface area contributed by atoms with Crippen LogP contribution in [0.3, 0.4) is 0 Å². The van der Waals surface area contributed by atoms with E-state index in [0.29, 0.717) is 25.4 Å². The highest BCUT2D eigenvalue weighted by atomic mass is 16.6. The zero-order valence-corrected chi connectivity index (χ0v) is 24.3. The molecule has 4 fully saturated rings. The molecule has 4 aliphatic rings. The van der Waals surface area contributed by atoms with E-state index >= 15 is 0 Å². The molecule has 0 bridgehead atoms. The van der Waals surface area contributed by atoms with Crippen molar-refractivity contribution in [3.8, 4) is 11.5 Å². The van der Waals surface area contributed by atoms with Gasteiger partial charge in [-0.1, -0.05) is 52.0 Å². The Hall–Kier alpha value is -2.20. The number of benzene rings is 2. The smallest absolute Gasteiger partial charge is 0.119 e. The number of hydrogen-bond donors (Lipinski definition) is 0. The van der Waals surface area contributed by atoms with Crippen molar-refractivity contribution in [1.29, 1.82) is 0 Å². The first-order chi connectivity index (χ1) is 19.3. The molecule has 4 unspecified atom stereocenters. The molecule has 220 valence electrons. The Balaban J connectivity index is 0.000000184. The fourth-order valence-corrected chi connectivity index (χ4v) is 4.11. The fourth-order valence-electron chi connectivity index (χ4n) is 4.11. The molecule has 6 rings (SSSR count). The second kappa shape index (κ2) is 13.2. The summed E-state index contributed by atoms with van der Waals surface area (Å²) in [5.41, 5.74) is 2.49. The van der Waals surface area contributed by atoms with Gasteiger partial charge in [-0.15, -0.1) is 0 Å². The predicted octanol–water partition coefficient (Wildman–Crippen LogP) is 4.41. The van der Waals surface area contributed by atoms with Crippen LogP contribution in [0.5, 0.6) is 11.5 Å². The molecule has 2 aromatic rings. The van der Waals surface area contributed by atoms with Crippen molar-refractivity contribution in [2.24, 2.45) is 5.41 Å². The van der Waals surface area contributed by atoms with Gasteiger partial charge < -0.3 is 37.9 Å². The molecule has 8 heteroatoms. The summed E-state index contributed by atoms with van der Waals surface area (Å²) in [7, 11) is 0. The third-order valence-corrected chi connectivity index (χ3v) is 7.23. The Labute approximate surface area is 238 Å². The van der Waals surface area contributed by atoms with E-state index in [-0.39, 0.29) is 23.0 Å². The van der Waals surface area contributed by atoms with Gasteiger partial charge in [-0.25, -0.2) is 0 Å². The molecule has 4 heterocycles. The summed E-state index contributed by atoms with van der Waals surface area (Å²) in [6.07, 6.45) is 1.26. The van der Waals surface area contributed by atoms with E-state index in [2.05, 4.69) is 52.0 Å². The molecule has 2 aromatic carbocycles. The number of epoxide rings is 4. The Morgan fingerprint density at radius 1 is 0.550 bits per heavy atom. The van der Waals surface area contributed by atoms with Crippen molar-refractivity contribution >= 4 is 0 Å². The summed E-state index contributed by atoms with van der Waals surface area (Å²) in [6.45, 7) is 16.3. The van der Waals surface area contributed by atoms with Crippen molar-refractivity contribution in [2.75, 3.05) is 66.1 Å². The second-order valence-electron chi connectivity index (χ2n) is 12.3. The van der Waals surface area contributed by atoms with Crippen LogP contribution in [0, 0.1) is 5.41 Å². The highest BCUT2D eigenvalue weighted by Gasteiger charge is 2.28. The molecule has 0 radical (unpaired) electrons. The predicted molar refractivity (Wildman–Crippen MR) is 150 cm³/mol. The lowest BCUT2D eigenvalue weighted by atomic mass is 9.78. The first-order valence-electron chi connectivity index (χ1n) is 14.4. The van der Waals surface area contributed by atoms with E-state index < -0.39 is 0 Å². The molecule has 0 saturated carbocycles. The zero-order valence-electron chi connectivity index (χ0n) is 24.3. The minimum atomic E-state index is -0.0870. The van der Waals surface area contributed by atoms with E-state index in [4.69, 9.17) is 37.9 Å². The van der Waals surface area contributed by atoms with Crippen molar-refractivity contribution in [2.45, 2.75) is 57.5 Å². The molecule has 40 heavy (non-hydrogen) atoms. The summed E-state index contributed by atoms with van der Waals surface area (Å²) in [4.78, 5) is 0. The van der Waals surface area contributed by atoms with Crippen LogP contribution in [0.4, 0.5) is 0 Å². The minimum absolute atomic E-state index is 0.0732. The van der Waals surface area contributed by atoms with Crippen molar-refractivity contribution in [1.82, 2.24) is 0 Å². The van der Waals surface area contributed by atoms with Gasteiger partial charge in [0.2, 0.25) is 0 Å². The molecule has 4 atom stereocenters. The van der Waals surface area contributed by atoms with Gasteiger partial charge in [0, 0.05) is 10.8 Å². The van der Waals surface area contributed by atoms with E-state index in [1.807, 2.05) is 24.3 Å². The molecule has 0 N–H and O–H groups in total. The number of ether oxygens (including phenoxy) is 8. The highest BCUT2D eigenvalue weighted by molar-refractivity contribution is 5.41. The number of hydrogen-bond acceptors (Lipinski definition) is 8. The lowest BCUT2D eigenvalue weighted by molar-refractivity contribution is -0.0101. The Kier molecular flexibility index (Phi) is 9.66. The monoisotopic (exact) mass is 556 g/mol. The summed E-state index contributed by atoms with van der Waals surface area (Å²) in [5, 5.41) is 0. The summed E-state index contributed by atoms with van der Waals surface area (Å²) >= 11 is 0. The largest absolute Gasteiger partial charge is 0.491 e. The molecule has 8 nitrogen and oxygen atoms in total. The molecule has 0 aromatic heterocycles. The van der Waals surface area contributed by atoms with E-state index in [1.165, 1.54) is 11.1 Å². The third-order valence-electron chi connectivity index (χ3n) is 7.23. The summed E-state index contributed by atoms with van der Waals surface area (Å²) in [5.74, 6) is 1.78. The third kappa shape index (κ3) is 10.0. The van der Waals surface area contributed by atoms with E-state index in [0.717, 1.165) is 64.4 Å². The van der Waals surface area contributed by atoms with Crippen LogP contribution in [-0.4, -0.2) is 90.5 Å². The second-order valence-corrected chi connectivity index (χ2v) is 12.3. The van der Waals surface area contributed by atoms with Crippen LogP contribution in [0.2, 0.25) is 0 Å². The molecule has 4 saturated heterocycles. The lowest BCUT2D eigenvalue weighted by Gasteiger charge is -2.26. The van der Waals surface area contributed by atoms with Crippen molar-refractivity contribution < 1.29 is 37.9 Å². The Morgan fingerprint density at radius 2 is 0.875 bits per heavy atom. The van der Waals surface area contributed by atoms with Crippen LogP contribution in [-0.2, 0) is 33.8 Å². The van der Waals surface area contributed by atoms with Crippen LogP contribution in [0.25, 0.3) is 0 Å². The van der Waals surface area contributed by atoms with Crippen LogP contribution in [0.15, 0.2) is 48.5 Å². The van der Waals surface area contributed by atoms with Crippen molar-refractivity contribution in [3.63, 3.8) is 0 Å². The van der Waals surface area contributed by atoms with Crippen LogP contribution < -0.4 is 9.47 Å². The van der Waals surface area contributed by atoms with E-state index in [9.17, 15) is 0 Å². The molecule has 0 amide bonds. The van der Waals surface area contributed by atoms with Crippen LogP contribution in [0.1, 0.15) is 38.8 Å². The SMILES string of the molecule is CC(C)(COCC1CO1)COCC1CO1.CC(C)(c1ccc(OCC2CO2)cc1)c1ccc(OCC2CO2)cc1. The first kappa shape index (κ1) is 29.3. The quantitative estimate of drug-likeness (QED) is 0.281. The van der Waals surface area contributed by atoms with Gasteiger partial charge in [0.1, 0.15) is 49.1 Å². The topological polar surface area (TPSA) is 87.0 Å². The normalized spacial score (nSPS) is 24.5. The first-order valence-corrected chi connectivity index (χ1v) is 14.4. The molecule has 0 aliphatic carbocycles. The maximum Gasteiger partial charge on any atom is 0.119 e. The standard InChI is InChI=1S/C21H24O4.C11H20O4/c1-21(2,15-3-7-17(8-4-15)22-11-19-13-24-19)16-5-9-18(10-6-16)23-12-20-14-25-20;1-11(2,7-12-3-9-5-14-9)8-13-4-10-6-15-10/h3-10,19-20H,11-14H2,1-2H3;9-10H,3-8H2,1-2H3. The van der Waals surface area contributed by atoms with Crippen molar-refractivity contribution in [3.05, 3.63) is 59.7 Å². The fraction of sp³-hybridized carbons (Fsp3) is 0.625. The maximum absolute atomic E-state index is 5.72. The van der Waals surface area contributed by atoms with Crippen LogP contribution >= 0.6 is 0 Å². The average molecular weight is 557 g/mol. The Bertz CT molecular complexity index is 954. The van der Waals surface area contributed by atoms with Gasteiger partial charge in [-0.05, 0) is 35.4 Å². The maximum atomic E-state index is 5.72. The van der Waals surface area contributed by atoms with Gasteiger partial charge in [-0.3, -0.25) is 0 Å². The van der Waals surface area contributed by atoms with Gasteiger partial charge in [-0.2, -0.15) is 0 Å². The average Bonchev–Trinajstić information content (AvgIpc) is 3.77. The summed E-state index contributed by atoms with van der Waals surface area (Å²) in [6, 6.07) is 16.7. The highest BCUT2D eigenvalue weighted by Crippen LogP contribution is 2.33. The minimum Gasteiger partial charge on any atom is -0.491 e. The molecular weight excluding hydrogens is 512 g/mol. The summed E-state index contributed by atoms with van der Waals surface area (Å²) < 4.78 is 43.0. The molecule has 4 aliphatic heterocycles. The van der Waals surface area contributed by atoms with Gasteiger partial charge in [0.05, 0.1) is 52.9 Å². The Morgan fingerprint density at radius 3 is 1.20 bits per heavy atom. The molecular formula is C32H44O8.